The number of halogens is 3. The summed E-state index contributed by atoms with van der Waals surface area (Å²) in [5.41, 5.74) is 1.79. The van der Waals surface area contributed by atoms with Crippen LogP contribution in [0.4, 0.5) is 5.69 Å². The number of hydrogen-bond donors (Lipinski definition) is 1. The zero-order valence-corrected chi connectivity index (χ0v) is 12.5. The number of ether oxygens (including phenoxy) is 2. The molecule has 0 radical (unpaired) electrons. The van der Waals surface area contributed by atoms with Crippen molar-refractivity contribution < 1.29 is 9.47 Å². The Bertz CT molecular complexity index is 661. The van der Waals surface area contributed by atoms with Gasteiger partial charge < -0.3 is 14.8 Å². The molecule has 0 fully saturated rings. The van der Waals surface area contributed by atoms with E-state index in [1.807, 2.05) is 18.2 Å². The third-order valence-electron chi connectivity index (χ3n) is 2.90. The molecule has 2 aromatic carbocycles. The largest absolute Gasteiger partial charge is 0.454 e. The molecule has 0 saturated heterocycles. The molecule has 0 bridgehead atoms. The summed E-state index contributed by atoms with van der Waals surface area (Å²) in [6, 6.07) is 9.04. The third-order valence-corrected chi connectivity index (χ3v) is 3.73. The monoisotopic (exact) mass is 329 g/mol. The number of benzene rings is 2. The van der Waals surface area contributed by atoms with Gasteiger partial charge in [0.15, 0.2) is 11.5 Å². The zero-order chi connectivity index (χ0) is 14.1. The van der Waals surface area contributed by atoms with Crippen LogP contribution in [0.3, 0.4) is 0 Å². The SMILES string of the molecule is Clc1ccc(NCc2cc(Cl)c3c(c2)OCO3)c(Cl)c1. The number of rotatable bonds is 3. The summed E-state index contributed by atoms with van der Waals surface area (Å²) in [7, 11) is 0. The van der Waals surface area contributed by atoms with E-state index < -0.39 is 0 Å². The molecule has 3 rings (SSSR count). The van der Waals surface area contributed by atoms with Crippen molar-refractivity contribution in [3.05, 3.63) is 51.0 Å². The zero-order valence-electron chi connectivity index (χ0n) is 10.3. The molecule has 0 aliphatic carbocycles. The average Bonchev–Trinajstić information content (AvgIpc) is 2.86. The molecule has 1 aliphatic rings. The predicted molar refractivity (Wildman–Crippen MR) is 81.4 cm³/mol. The van der Waals surface area contributed by atoms with Gasteiger partial charge in [-0.05, 0) is 35.9 Å². The Labute approximate surface area is 131 Å². The third kappa shape index (κ3) is 2.75. The summed E-state index contributed by atoms with van der Waals surface area (Å²) >= 11 is 18.1. The first-order chi connectivity index (χ1) is 9.63. The van der Waals surface area contributed by atoms with Crippen LogP contribution in [0.1, 0.15) is 5.56 Å². The predicted octanol–water partition coefficient (Wildman–Crippen LogP) is 4.99. The highest BCUT2D eigenvalue weighted by molar-refractivity contribution is 6.36. The minimum Gasteiger partial charge on any atom is -0.454 e. The molecule has 0 aromatic heterocycles. The summed E-state index contributed by atoms with van der Waals surface area (Å²) in [5.74, 6) is 1.26. The van der Waals surface area contributed by atoms with Gasteiger partial charge in [-0.3, -0.25) is 0 Å². The molecular weight excluding hydrogens is 321 g/mol. The molecule has 0 amide bonds. The van der Waals surface area contributed by atoms with E-state index in [0.717, 1.165) is 11.3 Å². The van der Waals surface area contributed by atoms with Crippen molar-refractivity contribution in [3.8, 4) is 11.5 Å². The highest BCUT2D eigenvalue weighted by Gasteiger charge is 2.18. The summed E-state index contributed by atoms with van der Waals surface area (Å²) < 4.78 is 10.6. The van der Waals surface area contributed by atoms with Gasteiger partial charge in [0.25, 0.3) is 0 Å². The van der Waals surface area contributed by atoms with Gasteiger partial charge in [0.2, 0.25) is 6.79 Å². The van der Waals surface area contributed by atoms with Gasteiger partial charge in [-0.25, -0.2) is 0 Å². The average molecular weight is 331 g/mol. The van der Waals surface area contributed by atoms with Gasteiger partial charge in [-0.2, -0.15) is 0 Å². The topological polar surface area (TPSA) is 30.5 Å². The number of nitrogens with one attached hydrogen (secondary N) is 1. The number of anilines is 1. The van der Waals surface area contributed by atoms with Crippen molar-refractivity contribution in [1.29, 1.82) is 0 Å². The van der Waals surface area contributed by atoms with Crippen LogP contribution in [-0.2, 0) is 6.54 Å². The second-order valence-corrected chi connectivity index (χ2v) is 5.54. The molecule has 0 saturated carbocycles. The van der Waals surface area contributed by atoms with Crippen LogP contribution < -0.4 is 14.8 Å². The van der Waals surface area contributed by atoms with E-state index in [0.29, 0.717) is 33.1 Å². The Morgan fingerprint density at radius 1 is 1.00 bits per heavy atom. The molecular formula is C14H10Cl3NO2. The van der Waals surface area contributed by atoms with Crippen molar-refractivity contribution in [1.82, 2.24) is 0 Å². The highest BCUT2D eigenvalue weighted by atomic mass is 35.5. The van der Waals surface area contributed by atoms with Crippen molar-refractivity contribution in [2.75, 3.05) is 12.1 Å². The second-order valence-electron chi connectivity index (χ2n) is 4.29. The molecule has 3 nitrogen and oxygen atoms in total. The van der Waals surface area contributed by atoms with Crippen LogP contribution >= 0.6 is 34.8 Å². The van der Waals surface area contributed by atoms with E-state index in [-0.39, 0.29) is 6.79 Å². The Hall–Kier alpha value is -1.29. The van der Waals surface area contributed by atoms with Crippen LogP contribution in [0.25, 0.3) is 0 Å². The van der Waals surface area contributed by atoms with Crippen molar-refractivity contribution >= 4 is 40.5 Å². The van der Waals surface area contributed by atoms with Gasteiger partial charge in [0.1, 0.15) is 0 Å². The van der Waals surface area contributed by atoms with Crippen molar-refractivity contribution in [2.24, 2.45) is 0 Å². The molecule has 0 unspecified atom stereocenters. The lowest BCUT2D eigenvalue weighted by molar-refractivity contribution is 0.174. The van der Waals surface area contributed by atoms with E-state index in [1.165, 1.54) is 0 Å². The van der Waals surface area contributed by atoms with E-state index in [4.69, 9.17) is 44.3 Å². The van der Waals surface area contributed by atoms with E-state index in [1.54, 1.807) is 12.1 Å². The number of fused-ring (bicyclic) bond motifs is 1. The Kier molecular flexibility index (Phi) is 3.83. The molecule has 1 N–H and O–H groups in total. The molecule has 20 heavy (non-hydrogen) atoms. The van der Waals surface area contributed by atoms with Gasteiger partial charge in [0, 0.05) is 11.6 Å². The van der Waals surface area contributed by atoms with Crippen LogP contribution in [0.15, 0.2) is 30.3 Å². The Balaban J connectivity index is 1.77. The highest BCUT2D eigenvalue weighted by Crippen LogP contribution is 2.40. The molecule has 104 valence electrons. The first-order valence-electron chi connectivity index (χ1n) is 5.90. The lowest BCUT2D eigenvalue weighted by Crippen LogP contribution is -2.00. The minimum atomic E-state index is 0.203. The number of hydrogen-bond acceptors (Lipinski definition) is 3. The smallest absolute Gasteiger partial charge is 0.231 e. The van der Waals surface area contributed by atoms with Gasteiger partial charge in [-0.15, -0.1) is 0 Å². The van der Waals surface area contributed by atoms with E-state index in [2.05, 4.69) is 5.32 Å². The molecule has 2 aromatic rings. The van der Waals surface area contributed by atoms with Gasteiger partial charge in [0.05, 0.1) is 15.7 Å². The fourth-order valence-electron chi connectivity index (χ4n) is 1.95. The first kappa shape index (κ1) is 13.7. The fraction of sp³-hybridized carbons (Fsp3) is 0.143. The fourth-order valence-corrected chi connectivity index (χ4v) is 2.72. The maximum atomic E-state index is 6.13. The molecule has 1 heterocycles. The van der Waals surface area contributed by atoms with Crippen LogP contribution in [0, 0.1) is 0 Å². The van der Waals surface area contributed by atoms with Gasteiger partial charge in [-0.1, -0.05) is 34.8 Å². The summed E-state index contributed by atoms with van der Waals surface area (Å²) in [4.78, 5) is 0. The molecule has 0 spiro atoms. The van der Waals surface area contributed by atoms with Crippen LogP contribution in [0.2, 0.25) is 15.1 Å². The summed E-state index contributed by atoms with van der Waals surface area (Å²) in [5, 5.41) is 4.95. The molecule has 1 aliphatic heterocycles. The summed E-state index contributed by atoms with van der Waals surface area (Å²) in [6.07, 6.45) is 0. The standard InChI is InChI=1S/C14H10Cl3NO2/c15-9-1-2-12(10(16)5-9)18-6-8-3-11(17)14-13(4-8)19-7-20-14/h1-5,18H,6-7H2. The van der Waals surface area contributed by atoms with Crippen molar-refractivity contribution in [3.63, 3.8) is 0 Å². The van der Waals surface area contributed by atoms with Crippen molar-refractivity contribution in [2.45, 2.75) is 6.54 Å². The van der Waals surface area contributed by atoms with Crippen LogP contribution in [0.5, 0.6) is 11.5 Å². The molecule has 6 heteroatoms. The van der Waals surface area contributed by atoms with E-state index in [9.17, 15) is 0 Å². The lowest BCUT2D eigenvalue weighted by atomic mass is 10.2. The normalized spacial score (nSPS) is 12.6. The minimum absolute atomic E-state index is 0.203. The summed E-state index contributed by atoms with van der Waals surface area (Å²) in [6.45, 7) is 0.770. The maximum absolute atomic E-state index is 6.13. The first-order valence-corrected chi connectivity index (χ1v) is 7.04. The van der Waals surface area contributed by atoms with Gasteiger partial charge >= 0.3 is 0 Å². The van der Waals surface area contributed by atoms with E-state index >= 15 is 0 Å². The Morgan fingerprint density at radius 2 is 1.85 bits per heavy atom. The quantitative estimate of drug-likeness (QED) is 0.860. The van der Waals surface area contributed by atoms with Crippen LogP contribution in [-0.4, -0.2) is 6.79 Å². The maximum Gasteiger partial charge on any atom is 0.231 e. The Morgan fingerprint density at radius 3 is 2.65 bits per heavy atom. The second kappa shape index (κ2) is 5.60. The molecule has 0 atom stereocenters. The lowest BCUT2D eigenvalue weighted by Gasteiger charge is -2.10.